The molecule has 0 bridgehead atoms. The van der Waals surface area contributed by atoms with Gasteiger partial charge in [-0.3, -0.25) is 15.0 Å². The maximum absolute atomic E-state index is 4.31. The molecule has 0 aromatic carbocycles. The van der Waals surface area contributed by atoms with Crippen LogP contribution in [0.25, 0.3) is 0 Å². The van der Waals surface area contributed by atoms with Gasteiger partial charge in [0.05, 0.1) is 13.1 Å². The molecule has 0 unspecified atom stereocenters. The Hall–Kier alpha value is -0.990. The smallest absolute Gasteiger partial charge is 0.144 e. The normalized spacial score (nSPS) is 21.9. The molecule has 0 aromatic heterocycles. The molecule has 10 heavy (non-hydrogen) atoms. The van der Waals surface area contributed by atoms with Gasteiger partial charge in [0, 0.05) is 12.7 Å². The van der Waals surface area contributed by atoms with Gasteiger partial charge in [-0.25, -0.2) is 0 Å². The molecule has 0 atom stereocenters. The lowest BCUT2D eigenvalue weighted by Gasteiger charge is -2.25. The van der Waals surface area contributed by atoms with Gasteiger partial charge in [0.2, 0.25) is 0 Å². The summed E-state index contributed by atoms with van der Waals surface area (Å²) in [6.45, 7) is 5.19. The molecule has 0 amide bonds. The average molecular weight is 137 g/mol. The van der Waals surface area contributed by atoms with Gasteiger partial charge in [0.25, 0.3) is 0 Å². The van der Waals surface area contributed by atoms with Crippen molar-refractivity contribution in [1.29, 1.82) is 0 Å². The van der Waals surface area contributed by atoms with E-state index in [0.29, 0.717) is 0 Å². The number of rotatable bonds is 1. The van der Waals surface area contributed by atoms with E-state index in [1.807, 2.05) is 0 Å². The zero-order valence-electron chi connectivity index (χ0n) is 6.12. The van der Waals surface area contributed by atoms with Crippen LogP contribution in [0, 0.1) is 0 Å². The van der Waals surface area contributed by atoms with E-state index in [2.05, 4.69) is 34.2 Å². The maximum Gasteiger partial charge on any atom is 0.144 e. The lowest BCUT2D eigenvalue weighted by molar-refractivity contribution is 0.136. The Morgan fingerprint density at radius 2 is 2.60 bits per heavy atom. The predicted molar refractivity (Wildman–Crippen MR) is 40.5 cm³/mol. The van der Waals surface area contributed by atoms with Crippen molar-refractivity contribution in [2.24, 2.45) is 4.99 Å². The van der Waals surface area contributed by atoms with E-state index < -0.39 is 0 Å². The number of nitrogens with zero attached hydrogens (tertiary/aromatic N) is 3. The van der Waals surface area contributed by atoms with E-state index in [4.69, 9.17) is 0 Å². The molecule has 0 radical (unpaired) electrons. The highest BCUT2D eigenvalue weighted by Crippen LogP contribution is 2.13. The fourth-order valence-electron chi connectivity index (χ4n) is 1.36. The van der Waals surface area contributed by atoms with E-state index in [0.717, 1.165) is 25.5 Å². The molecule has 2 rings (SSSR count). The second-order valence-electron chi connectivity index (χ2n) is 2.43. The summed E-state index contributed by atoms with van der Waals surface area (Å²) in [6.07, 6.45) is 4.15. The van der Waals surface area contributed by atoms with Gasteiger partial charge in [-0.2, -0.15) is 0 Å². The van der Waals surface area contributed by atoms with E-state index >= 15 is 0 Å². The molecule has 0 saturated heterocycles. The second-order valence-corrected chi connectivity index (χ2v) is 2.43. The van der Waals surface area contributed by atoms with Crippen LogP contribution in [0.15, 0.2) is 17.3 Å². The maximum atomic E-state index is 4.31. The van der Waals surface area contributed by atoms with Gasteiger partial charge in [0.1, 0.15) is 5.84 Å². The summed E-state index contributed by atoms with van der Waals surface area (Å²) in [5, 5.41) is 4.39. The average Bonchev–Trinajstić information content (AvgIpc) is 2.44. The first-order valence-corrected chi connectivity index (χ1v) is 3.68. The molecule has 2 aliphatic heterocycles. The number of aliphatic imine (C=N–C) groups is 1. The van der Waals surface area contributed by atoms with Gasteiger partial charge in [-0.1, -0.05) is 0 Å². The highest BCUT2D eigenvalue weighted by atomic mass is 15.7. The molecule has 0 fully saturated rings. The molecule has 3 nitrogen and oxygen atoms in total. The molecule has 2 heterocycles. The van der Waals surface area contributed by atoms with Crippen LogP contribution in [0.5, 0.6) is 0 Å². The van der Waals surface area contributed by atoms with Crippen molar-refractivity contribution in [3.05, 3.63) is 12.3 Å². The van der Waals surface area contributed by atoms with Crippen LogP contribution in [-0.2, 0) is 0 Å². The van der Waals surface area contributed by atoms with Crippen molar-refractivity contribution >= 4 is 5.84 Å². The first-order chi connectivity index (χ1) is 4.92. The van der Waals surface area contributed by atoms with Crippen molar-refractivity contribution in [3.63, 3.8) is 0 Å². The number of hydrogen-bond acceptors (Lipinski definition) is 3. The molecule has 0 saturated carbocycles. The van der Waals surface area contributed by atoms with Crippen molar-refractivity contribution in [2.45, 2.75) is 6.92 Å². The van der Waals surface area contributed by atoms with Crippen molar-refractivity contribution in [1.82, 2.24) is 10.0 Å². The van der Waals surface area contributed by atoms with Crippen molar-refractivity contribution < 1.29 is 0 Å². The van der Waals surface area contributed by atoms with Gasteiger partial charge < -0.3 is 0 Å². The quantitative estimate of drug-likeness (QED) is 0.523. The fraction of sp³-hybridized carbons (Fsp3) is 0.571. The van der Waals surface area contributed by atoms with Crippen LogP contribution < -0.4 is 0 Å². The number of hydrazine groups is 1. The third-order valence-electron chi connectivity index (χ3n) is 1.88. The first kappa shape index (κ1) is 5.77. The van der Waals surface area contributed by atoms with Crippen molar-refractivity contribution in [2.75, 3.05) is 19.6 Å². The SMILES string of the molecule is CCN1C=CC2=NCCN21. The van der Waals surface area contributed by atoms with Crippen molar-refractivity contribution in [3.8, 4) is 0 Å². The Bertz CT molecular complexity index is 195. The van der Waals surface area contributed by atoms with E-state index in [9.17, 15) is 0 Å². The second kappa shape index (κ2) is 2.01. The Morgan fingerprint density at radius 3 is 3.40 bits per heavy atom. The molecule has 0 spiro atoms. The highest BCUT2D eigenvalue weighted by Gasteiger charge is 2.22. The van der Waals surface area contributed by atoms with E-state index in [1.54, 1.807) is 0 Å². The summed E-state index contributed by atoms with van der Waals surface area (Å²) < 4.78 is 0. The summed E-state index contributed by atoms with van der Waals surface area (Å²) in [7, 11) is 0. The summed E-state index contributed by atoms with van der Waals surface area (Å²) in [4.78, 5) is 4.31. The fourth-order valence-corrected chi connectivity index (χ4v) is 1.36. The third kappa shape index (κ3) is 0.632. The van der Waals surface area contributed by atoms with Crippen LogP contribution in [0.4, 0.5) is 0 Å². The van der Waals surface area contributed by atoms with E-state index in [1.165, 1.54) is 0 Å². The highest BCUT2D eigenvalue weighted by molar-refractivity contribution is 5.95. The largest absolute Gasteiger partial charge is 0.291 e. The lowest BCUT2D eigenvalue weighted by atomic mass is 10.6. The van der Waals surface area contributed by atoms with Gasteiger partial charge >= 0.3 is 0 Å². The lowest BCUT2D eigenvalue weighted by Crippen LogP contribution is -2.36. The molecular weight excluding hydrogens is 126 g/mol. The number of fused-ring (bicyclic) bond motifs is 1. The van der Waals surface area contributed by atoms with E-state index in [-0.39, 0.29) is 0 Å². The molecule has 0 aliphatic carbocycles. The van der Waals surface area contributed by atoms with Gasteiger partial charge in [-0.05, 0) is 13.0 Å². The van der Waals surface area contributed by atoms with Gasteiger partial charge in [-0.15, -0.1) is 0 Å². The van der Waals surface area contributed by atoms with Crippen LogP contribution in [0.1, 0.15) is 6.92 Å². The zero-order valence-corrected chi connectivity index (χ0v) is 6.12. The van der Waals surface area contributed by atoms with Crippen LogP contribution >= 0.6 is 0 Å². The molecular formula is C7H11N3. The minimum Gasteiger partial charge on any atom is -0.291 e. The molecule has 2 aliphatic rings. The Kier molecular flexibility index (Phi) is 1.16. The number of amidine groups is 1. The summed E-state index contributed by atoms with van der Waals surface area (Å²) in [5.41, 5.74) is 0. The Labute approximate surface area is 60.6 Å². The van der Waals surface area contributed by atoms with Gasteiger partial charge in [0.15, 0.2) is 0 Å². The Morgan fingerprint density at radius 1 is 1.70 bits per heavy atom. The standard InChI is InChI=1S/C7H11N3/c1-2-9-5-3-7-8-4-6-10(7)9/h3,5H,2,4,6H2,1H3. The summed E-state index contributed by atoms with van der Waals surface area (Å²) >= 11 is 0. The summed E-state index contributed by atoms with van der Waals surface area (Å²) in [5.74, 6) is 1.13. The Balaban J connectivity index is 2.19. The van der Waals surface area contributed by atoms with Crippen LogP contribution in [0.3, 0.4) is 0 Å². The van der Waals surface area contributed by atoms with Crippen LogP contribution in [0.2, 0.25) is 0 Å². The third-order valence-corrected chi connectivity index (χ3v) is 1.88. The zero-order chi connectivity index (χ0) is 6.97. The predicted octanol–water partition coefficient (Wildman–Crippen LogP) is 0.465. The monoisotopic (exact) mass is 137 g/mol. The topological polar surface area (TPSA) is 18.8 Å². The molecule has 0 aromatic rings. The van der Waals surface area contributed by atoms with Crippen LogP contribution in [-0.4, -0.2) is 35.5 Å². The molecule has 54 valence electrons. The summed E-state index contributed by atoms with van der Waals surface area (Å²) in [6, 6.07) is 0. The minimum absolute atomic E-state index is 0.955. The minimum atomic E-state index is 0.955. The number of hydrogen-bond donors (Lipinski definition) is 0. The molecule has 3 heteroatoms. The first-order valence-electron chi connectivity index (χ1n) is 3.68. The molecule has 0 N–H and O–H groups in total.